The third kappa shape index (κ3) is 3.34. The number of piperidine rings is 1. The quantitative estimate of drug-likeness (QED) is 0.884. The SMILES string of the molecule is Cc1ccc(Cl)cc1Nc1ncnc(N2CCCCC2C)c1N. The van der Waals surface area contributed by atoms with Crippen LogP contribution in [0.1, 0.15) is 31.7 Å². The van der Waals surface area contributed by atoms with Crippen molar-refractivity contribution < 1.29 is 0 Å². The summed E-state index contributed by atoms with van der Waals surface area (Å²) in [6.45, 7) is 5.22. The second-order valence-electron chi connectivity index (χ2n) is 6.08. The zero-order valence-corrected chi connectivity index (χ0v) is 14.3. The molecule has 6 heteroatoms. The lowest BCUT2D eigenvalue weighted by molar-refractivity contribution is 0.481. The van der Waals surface area contributed by atoms with Crippen molar-refractivity contribution in [3.63, 3.8) is 0 Å². The van der Waals surface area contributed by atoms with Crippen molar-refractivity contribution in [3.05, 3.63) is 35.1 Å². The van der Waals surface area contributed by atoms with Gasteiger partial charge in [-0.2, -0.15) is 0 Å². The Hall–Kier alpha value is -2.01. The van der Waals surface area contributed by atoms with E-state index < -0.39 is 0 Å². The van der Waals surface area contributed by atoms with E-state index in [0.717, 1.165) is 23.6 Å². The van der Waals surface area contributed by atoms with E-state index in [-0.39, 0.29) is 0 Å². The van der Waals surface area contributed by atoms with Crippen LogP contribution in [-0.4, -0.2) is 22.6 Å². The number of nitrogens with two attached hydrogens (primary N) is 1. The smallest absolute Gasteiger partial charge is 0.159 e. The predicted octanol–water partition coefficient (Wildman–Crippen LogP) is 4.14. The molecule has 1 atom stereocenters. The lowest BCUT2D eigenvalue weighted by atomic mass is 10.0. The van der Waals surface area contributed by atoms with Crippen LogP contribution in [0.15, 0.2) is 24.5 Å². The first-order chi connectivity index (χ1) is 11.1. The second-order valence-corrected chi connectivity index (χ2v) is 6.52. The minimum Gasteiger partial charge on any atom is -0.393 e. The topological polar surface area (TPSA) is 67.1 Å². The van der Waals surface area contributed by atoms with E-state index in [0.29, 0.717) is 22.6 Å². The van der Waals surface area contributed by atoms with Gasteiger partial charge in [0.1, 0.15) is 12.0 Å². The average molecular weight is 332 g/mol. The van der Waals surface area contributed by atoms with Gasteiger partial charge >= 0.3 is 0 Å². The third-order valence-electron chi connectivity index (χ3n) is 4.39. The van der Waals surface area contributed by atoms with Crippen molar-refractivity contribution in [1.82, 2.24) is 9.97 Å². The predicted molar refractivity (Wildman–Crippen MR) is 96.6 cm³/mol. The maximum absolute atomic E-state index is 6.35. The molecule has 1 aliphatic rings. The van der Waals surface area contributed by atoms with Gasteiger partial charge in [-0.25, -0.2) is 9.97 Å². The Bertz CT molecular complexity index is 703. The molecule has 3 rings (SSSR count). The van der Waals surface area contributed by atoms with E-state index in [1.54, 1.807) is 6.33 Å². The summed E-state index contributed by atoms with van der Waals surface area (Å²) in [5.41, 5.74) is 8.92. The molecule has 2 aromatic rings. The van der Waals surface area contributed by atoms with Crippen molar-refractivity contribution in [1.29, 1.82) is 0 Å². The number of benzene rings is 1. The van der Waals surface area contributed by atoms with Crippen LogP contribution in [0.5, 0.6) is 0 Å². The highest BCUT2D eigenvalue weighted by Gasteiger charge is 2.23. The minimum atomic E-state index is 0.446. The van der Waals surface area contributed by atoms with Gasteiger partial charge in [-0.3, -0.25) is 0 Å². The molecule has 0 aliphatic carbocycles. The molecule has 1 aliphatic heterocycles. The fourth-order valence-corrected chi connectivity index (χ4v) is 3.16. The van der Waals surface area contributed by atoms with Crippen molar-refractivity contribution in [2.24, 2.45) is 0 Å². The van der Waals surface area contributed by atoms with Crippen molar-refractivity contribution >= 4 is 34.6 Å². The molecule has 2 heterocycles. The van der Waals surface area contributed by atoms with Gasteiger partial charge in [-0.1, -0.05) is 17.7 Å². The number of halogens is 1. The molecule has 1 unspecified atom stereocenters. The molecule has 0 amide bonds. The van der Waals surface area contributed by atoms with Crippen molar-refractivity contribution in [3.8, 4) is 0 Å². The van der Waals surface area contributed by atoms with E-state index in [2.05, 4.69) is 27.1 Å². The van der Waals surface area contributed by atoms with Crippen LogP contribution < -0.4 is 16.0 Å². The Balaban J connectivity index is 1.92. The molecule has 1 aromatic carbocycles. The van der Waals surface area contributed by atoms with E-state index in [1.165, 1.54) is 19.3 Å². The van der Waals surface area contributed by atoms with Crippen molar-refractivity contribution in [2.75, 3.05) is 22.5 Å². The first kappa shape index (κ1) is 15.9. The second kappa shape index (κ2) is 6.62. The van der Waals surface area contributed by atoms with Crippen LogP contribution in [-0.2, 0) is 0 Å². The van der Waals surface area contributed by atoms with Gasteiger partial charge in [0.15, 0.2) is 11.6 Å². The fraction of sp³-hybridized carbons (Fsp3) is 0.412. The summed E-state index contributed by atoms with van der Waals surface area (Å²) < 4.78 is 0. The first-order valence-electron chi connectivity index (χ1n) is 7.96. The largest absolute Gasteiger partial charge is 0.393 e. The number of hydrogen-bond donors (Lipinski definition) is 2. The highest BCUT2D eigenvalue weighted by atomic mass is 35.5. The first-order valence-corrected chi connectivity index (χ1v) is 8.34. The molecule has 5 nitrogen and oxygen atoms in total. The number of nitrogens with zero attached hydrogens (tertiary/aromatic N) is 3. The molecule has 0 spiro atoms. The standard InChI is InChI=1S/C17H22ClN5/c1-11-6-7-13(18)9-14(11)22-16-15(19)17(21-10-20-16)23-8-4-3-5-12(23)2/h6-7,9-10,12H,3-5,8,19H2,1-2H3,(H,20,21,22). The lowest BCUT2D eigenvalue weighted by Crippen LogP contribution is -2.38. The number of hydrogen-bond acceptors (Lipinski definition) is 5. The lowest BCUT2D eigenvalue weighted by Gasteiger charge is -2.35. The van der Waals surface area contributed by atoms with Crippen LogP contribution in [0.3, 0.4) is 0 Å². The van der Waals surface area contributed by atoms with Gasteiger partial charge in [0.05, 0.1) is 0 Å². The average Bonchev–Trinajstić information content (AvgIpc) is 2.54. The van der Waals surface area contributed by atoms with E-state index in [1.807, 2.05) is 25.1 Å². The summed E-state index contributed by atoms with van der Waals surface area (Å²) in [5, 5.41) is 3.96. The third-order valence-corrected chi connectivity index (χ3v) is 4.63. The molecule has 1 aromatic heterocycles. The van der Waals surface area contributed by atoms with Gasteiger partial charge < -0.3 is 16.0 Å². The Morgan fingerprint density at radius 3 is 2.91 bits per heavy atom. The number of nitrogens with one attached hydrogen (secondary N) is 1. The molecule has 3 N–H and O–H groups in total. The van der Waals surface area contributed by atoms with Crippen LogP contribution in [0.2, 0.25) is 5.02 Å². The van der Waals surface area contributed by atoms with E-state index in [4.69, 9.17) is 17.3 Å². The Morgan fingerprint density at radius 2 is 2.13 bits per heavy atom. The Morgan fingerprint density at radius 1 is 1.30 bits per heavy atom. The highest BCUT2D eigenvalue weighted by Crippen LogP contribution is 2.33. The normalized spacial score (nSPS) is 18.0. The van der Waals surface area contributed by atoms with Gasteiger partial charge in [0.2, 0.25) is 0 Å². The van der Waals surface area contributed by atoms with Crippen LogP contribution in [0.4, 0.5) is 23.0 Å². The monoisotopic (exact) mass is 331 g/mol. The van der Waals surface area contributed by atoms with Crippen LogP contribution in [0.25, 0.3) is 0 Å². The summed E-state index contributed by atoms with van der Waals surface area (Å²) >= 11 is 6.08. The molecular weight excluding hydrogens is 310 g/mol. The summed E-state index contributed by atoms with van der Waals surface area (Å²) in [6.07, 6.45) is 5.16. The zero-order chi connectivity index (χ0) is 16.4. The highest BCUT2D eigenvalue weighted by molar-refractivity contribution is 6.30. The molecule has 1 saturated heterocycles. The summed E-state index contributed by atoms with van der Waals surface area (Å²) in [5.74, 6) is 1.44. The maximum atomic E-state index is 6.35. The summed E-state index contributed by atoms with van der Waals surface area (Å²) in [7, 11) is 0. The Kier molecular flexibility index (Phi) is 4.57. The number of aryl methyl sites for hydroxylation is 1. The summed E-state index contributed by atoms with van der Waals surface area (Å²) in [4.78, 5) is 11.0. The minimum absolute atomic E-state index is 0.446. The molecule has 122 valence electrons. The fourth-order valence-electron chi connectivity index (χ4n) is 2.98. The van der Waals surface area contributed by atoms with E-state index >= 15 is 0 Å². The molecule has 0 radical (unpaired) electrons. The molecule has 23 heavy (non-hydrogen) atoms. The van der Waals surface area contributed by atoms with Gasteiger partial charge in [0, 0.05) is 23.3 Å². The van der Waals surface area contributed by atoms with Gasteiger partial charge in [-0.15, -0.1) is 0 Å². The maximum Gasteiger partial charge on any atom is 0.159 e. The zero-order valence-electron chi connectivity index (χ0n) is 13.5. The summed E-state index contributed by atoms with van der Waals surface area (Å²) in [6, 6.07) is 6.16. The number of anilines is 4. The van der Waals surface area contributed by atoms with Crippen molar-refractivity contribution in [2.45, 2.75) is 39.2 Å². The molecule has 1 fully saturated rings. The van der Waals surface area contributed by atoms with Crippen LogP contribution in [0, 0.1) is 6.92 Å². The molecule has 0 bridgehead atoms. The number of rotatable bonds is 3. The van der Waals surface area contributed by atoms with Gasteiger partial charge in [0.25, 0.3) is 0 Å². The van der Waals surface area contributed by atoms with E-state index in [9.17, 15) is 0 Å². The Labute approximate surface area is 141 Å². The molecule has 0 saturated carbocycles. The van der Waals surface area contributed by atoms with Gasteiger partial charge in [-0.05, 0) is 50.8 Å². The molecular formula is C17H22ClN5. The number of nitrogen functional groups attached to an aromatic ring is 1. The van der Waals surface area contributed by atoms with Crippen LogP contribution >= 0.6 is 11.6 Å². The number of aromatic nitrogens is 2.